The fourth-order valence-electron chi connectivity index (χ4n) is 1.90. The van der Waals surface area contributed by atoms with Crippen molar-refractivity contribution in [3.63, 3.8) is 0 Å². The van der Waals surface area contributed by atoms with Crippen molar-refractivity contribution >= 4 is 0 Å². The first kappa shape index (κ1) is 10.4. The van der Waals surface area contributed by atoms with Crippen LogP contribution in [0.4, 0.5) is 8.78 Å². The standard InChI is InChI=1S/C12H14F2O/c1-7(8-3-4-8)9-5-11(14)12(15-2)6-10(9)13/h5-8H,3-4H2,1-2H3. The molecule has 82 valence electrons. The predicted octanol–water partition coefficient (Wildman–Crippen LogP) is 3.49. The van der Waals surface area contributed by atoms with Crippen LogP contribution in [0.5, 0.6) is 5.75 Å². The Labute approximate surface area is 88.1 Å². The van der Waals surface area contributed by atoms with E-state index in [1.165, 1.54) is 13.2 Å². The first-order valence-corrected chi connectivity index (χ1v) is 5.16. The van der Waals surface area contributed by atoms with Crippen molar-refractivity contribution in [3.05, 3.63) is 29.3 Å². The molecule has 0 saturated heterocycles. The van der Waals surface area contributed by atoms with Crippen molar-refractivity contribution in [1.82, 2.24) is 0 Å². The molecule has 1 aliphatic carbocycles. The molecular formula is C12H14F2O. The highest BCUT2D eigenvalue weighted by Crippen LogP contribution is 2.43. The van der Waals surface area contributed by atoms with Crippen LogP contribution in [0.1, 0.15) is 31.2 Å². The second-order valence-corrected chi connectivity index (χ2v) is 4.13. The van der Waals surface area contributed by atoms with E-state index in [9.17, 15) is 8.78 Å². The molecule has 0 amide bonds. The molecule has 3 heteroatoms. The van der Waals surface area contributed by atoms with E-state index < -0.39 is 5.82 Å². The summed E-state index contributed by atoms with van der Waals surface area (Å²) in [6, 6.07) is 2.39. The first-order chi connectivity index (χ1) is 7.13. The van der Waals surface area contributed by atoms with Gasteiger partial charge in [-0.2, -0.15) is 0 Å². The van der Waals surface area contributed by atoms with Crippen LogP contribution < -0.4 is 4.74 Å². The summed E-state index contributed by atoms with van der Waals surface area (Å²) in [4.78, 5) is 0. The second kappa shape index (κ2) is 3.80. The average Bonchev–Trinajstić information content (AvgIpc) is 3.03. The molecule has 0 spiro atoms. The van der Waals surface area contributed by atoms with Crippen molar-refractivity contribution in [2.45, 2.75) is 25.7 Å². The zero-order valence-electron chi connectivity index (χ0n) is 8.89. The van der Waals surface area contributed by atoms with E-state index >= 15 is 0 Å². The second-order valence-electron chi connectivity index (χ2n) is 4.13. The number of benzene rings is 1. The van der Waals surface area contributed by atoms with Gasteiger partial charge in [0.15, 0.2) is 11.6 Å². The van der Waals surface area contributed by atoms with Crippen LogP contribution in [0.25, 0.3) is 0 Å². The summed E-state index contributed by atoms with van der Waals surface area (Å²) in [6.07, 6.45) is 2.24. The summed E-state index contributed by atoms with van der Waals surface area (Å²) in [5, 5.41) is 0. The van der Waals surface area contributed by atoms with Gasteiger partial charge in [0.25, 0.3) is 0 Å². The predicted molar refractivity (Wildman–Crippen MR) is 54.0 cm³/mol. The van der Waals surface area contributed by atoms with Gasteiger partial charge in [-0.05, 0) is 36.3 Å². The lowest BCUT2D eigenvalue weighted by molar-refractivity contribution is 0.380. The molecule has 0 bridgehead atoms. The van der Waals surface area contributed by atoms with E-state index in [4.69, 9.17) is 4.74 Å². The van der Waals surface area contributed by atoms with E-state index in [-0.39, 0.29) is 17.5 Å². The Kier molecular flexibility index (Phi) is 2.63. The van der Waals surface area contributed by atoms with Crippen LogP contribution in [0.3, 0.4) is 0 Å². The summed E-state index contributed by atoms with van der Waals surface area (Å²) < 4.78 is 31.7. The lowest BCUT2D eigenvalue weighted by atomic mass is 9.95. The highest BCUT2D eigenvalue weighted by atomic mass is 19.1. The molecule has 2 rings (SSSR count). The minimum atomic E-state index is -0.485. The number of methoxy groups -OCH3 is 1. The average molecular weight is 212 g/mol. The van der Waals surface area contributed by atoms with Crippen LogP contribution in [0.15, 0.2) is 12.1 Å². The number of hydrogen-bond acceptors (Lipinski definition) is 1. The van der Waals surface area contributed by atoms with Crippen LogP contribution in [-0.2, 0) is 0 Å². The third-order valence-electron chi connectivity index (χ3n) is 3.09. The van der Waals surface area contributed by atoms with Gasteiger partial charge in [0.1, 0.15) is 5.82 Å². The SMILES string of the molecule is COc1cc(F)c(C(C)C2CC2)cc1F. The zero-order valence-corrected chi connectivity index (χ0v) is 8.89. The van der Waals surface area contributed by atoms with Crippen LogP contribution >= 0.6 is 0 Å². The molecular weight excluding hydrogens is 198 g/mol. The smallest absolute Gasteiger partial charge is 0.165 e. The Balaban J connectivity index is 2.34. The molecule has 1 saturated carbocycles. The van der Waals surface area contributed by atoms with Crippen molar-refractivity contribution in [1.29, 1.82) is 0 Å². The lowest BCUT2D eigenvalue weighted by Gasteiger charge is -2.13. The minimum absolute atomic E-state index is 0.0285. The Hall–Kier alpha value is -1.12. The molecule has 0 aromatic heterocycles. The molecule has 1 nitrogen and oxygen atoms in total. The van der Waals surface area contributed by atoms with Gasteiger partial charge in [-0.3, -0.25) is 0 Å². The van der Waals surface area contributed by atoms with Gasteiger partial charge in [-0.15, -0.1) is 0 Å². The highest BCUT2D eigenvalue weighted by molar-refractivity contribution is 5.33. The minimum Gasteiger partial charge on any atom is -0.494 e. The third kappa shape index (κ3) is 1.96. The summed E-state index contributed by atoms with van der Waals surface area (Å²) in [7, 11) is 1.34. The number of ether oxygens (including phenoxy) is 1. The fourth-order valence-corrected chi connectivity index (χ4v) is 1.90. The molecule has 0 radical (unpaired) electrons. The van der Waals surface area contributed by atoms with Crippen LogP contribution in [0.2, 0.25) is 0 Å². The van der Waals surface area contributed by atoms with Gasteiger partial charge in [-0.25, -0.2) is 8.78 Å². The zero-order chi connectivity index (χ0) is 11.0. The molecule has 1 fully saturated rings. The molecule has 0 N–H and O–H groups in total. The van der Waals surface area contributed by atoms with Crippen LogP contribution in [-0.4, -0.2) is 7.11 Å². The lowest BCUT2D eigenvalue weighted by Crippen LogP contribution is -2.02. The Morgan fingerprint density at radius 2 is 1.93 bits per heavy atom. The fraction of sp³-hybridized carbons (Fsp3) is 0.500. The molecule has 1 atom stereocenters. The molecule has 15 heavy (non-hydrogen) atoms. The van der Waals surface area contributed by atoms with Gasteiger partial charge in [0.05, 0.1) is 7.11 Å². The molecule has 0 heterocycles. The van der Waals surface area contributed by atoms with E-state index in [2.05, 4.69) is 0 Å². The number of halogens is 2. The maximum atomic E-state index is 13.6. The van der Waals surface area contributed by atoms with Gasteiger partial charge in [-0.1, -0.05) is 6.92 Å². The first-order valence-electron chi connectivity index (χ1n) is 5.16. The highest BCUT2D eigenvalue weighted by Gasteiger charge is 2.31. The topological polar surface area (TPSA) is 9.23 Å². The Bertz CT molecular complexity index is 372. The van der Waals surface area contributed by atoms with Crippen molar-refractivity contribution in [3.8, 4) is 5.75 Å². The maximum absolute atomic E-state index is 13.6. The summed E-state index contributed by atoms with van der Waals surface area (Å²) >= 11 is 0. The summed E-state index contributed by atoms with van der Waals surface area (Å²) in [5.74, 6) is -0.258. The largest absolute Gasteiger partial charge is 0.494 e. The van der Waals surface area contributed by atoms with Crippen LogP contribution in [0, 0.1) is 17.6 Å². The molecule has 1 aromatic rings. The summed E-state index contributed by atoms with van der Waals surface area (Å²) in [5.41, 5.74) is 0.468. The van der Waals surface area contributed by atoms with E-state index in [0.717, 1.165) is 18.9 Å². The van der Waals surface area contributed by atoms with Gasteiger partial charge in [0.2, 0.25) is 0 Å². The normalized spacial score (nSPS) is 17.6. The number of rotatable bonds is 3. The molecule has 1 unspecified atom stereocenters. The molecule has 1 aromatic carbocycles. The quantitative estimate of drug-likeness (QED) is 0.745. The third-order valence-corrected chi connectivity index (χ3v) is 3.09. The van der Waals surface area contributed by atoms with E-state index in [1.54, 1.807) is 0 Å². The van der Waals surface area contributed by atoms with Crippen molar-refractivity contribution < 1.29 is 13.5 Å². The van der Waals surface area contributed by atoms with Crippen molar-refractivity contribution in [2.75, 3.05) is 7.11 Å². The van der Waals surface area contributed by atoms with Crippen molar-refractivity contribution in [2.24, 2.45) is 5.92 Å². The molecule has 1 aliphatic rings. The Morgan fingerprint density at radius 3 is 2.47 bits per heavy atom. The Morgan fingerprint density at radius 1 is 1.27 bits per heavy atom. The number of hydrogen-bond donors (Lipinski definition) is 0. The molecule has 0 aliphatic heterocycles. The maximum Gasteiger partial charge on any atom is 0.165 e. The van der Waals surface area contributed by atoms with Gasteiger partial charge >= 0.3 is 0 Å². The van der Waals surface area contributed by atoms with Gasteiger partial charge < -0.3 is 4.74 Å². The van der Waals surface area contributed by atoms with E-state index in [1.807, 2.05) is 6.92 Å². The summed E-state index contributed by atoms with van der Waals surface area (Å²) in [6.45, 7) is 1.95. The van der Waals surface area contributed by atoms with E-state index in [0.29, 0.717) is 11.5 Å². The van der Waals surface area contributed by atoms with Gasteiger partial charge in [0, 0.05) is 6.07 Å². The monoisotopic (exact) mass is 212 g/mol.